The molecule has 0 atom stereocenters. The Morgan fingerprint density at radius 1 is 0.329 bits per heavy atom. The predicted molar refractivity (Wildman–Crippen MR) is 274 cm³/mol. The molecule has 7 aromatic carbocycles. The van der Waals surface area contributed by atoms with Gasteiger partial charge in [-0.1, -0.05) is 38.1 Å². The average molecular weight is 1030 g/mol. The van der Waals surface area contributed by atoms with Crippen LogP contribution < -0.4 is 9.80 Å². The van der Waals surface area contributed by atoms with Gasteiger partial charge in [-0.15, -0.1) is 0 Å². The van der Waals surface area contributed by atoms with Crippen molar-refractivity contribution in [3.05, 3.63) is 189 Å². The summed E-state index contributed by atoms with van der Waals surface area (Å²) in [5.74, 6) is -5.88. The first-order chi connectivity index (χ1) is 36.6. The molecule has 0 aliphatic carbocycles. The first-order valence-corrected chi connectivity index (χ1v) is 23.7. The van der Waals surface area contributed by atoms with E-state index < -0.39 is 47.5 Å². The maximum Gasteiger partial charge on any atom is 0.338 e. The van der Waals surface area contributed by atoms with Crippen molar-refractivity contribution in [2.24, 2.45) is 0 Å². The lowest BCUT2D eigenvalue weighted by Gasteiger charge is -2.17. The van der Waals surface area contributed by atoms with Crippen LogP contribution in [0.3, 0.4) is 0 Å². The number of nitrogens with zero attached hydrogens (tertiary/aromatic N) is 2. The number of hydrogen-bond acceptors (Lipinski definition) is 16. The Hall–Kier alpha value is -9.84. The topological polar surface area (TPSA) is 233 Å². The van der Waals surface area contributed by atoms with Gasteiger partial charge in [-0.3, -0.25) is 19.2 Å². The lowest BCUT2D eigenvalue weighted by molar-refractivity contribution is 0.0265. The number of esters is 6. The van der Waals surface area contributed by atoms with Crippen LogP contribution in [0.2, 0.25) is 0 Å². The minimum Gasteiger partial charge on any atom is -0.465 e. The Morgan fingerprint density at radius 2 is 0.592 bits per heavy atom. The summed E-state index contributed by atoms with van der Waals surface area (Å²) < 4.78 is 30.1. The van der Waals surface area contributed by atoms with E-state index in [-0.39, 0.29) is 82.1 Å². The SMILES string of the molecule is CCCOC(=O)c1ccc2c(c1)C(=O)N(c1ccc(N3C(=O)c4ccc(C(=O)OCCOC(=O)c5ccc6cc(C(=O)OC)ccc6c5)cc4C3=O)cc1)C2=O.CCCOC(=O)c1ccc2cc(C(=O)OC)ccc2c1. The lowest BCUT2D eigenvalue weighted by atomic mass is 10.0. The zero-order chi connectivity index (χ0) is 54.2. The number of carbonyl (C=O) groups is 10. The van der Waals surface area contributed by atoms with E-state index in [4.69, 9.17) is 23.7 Å². The van der Waals surface area contributed by atoms with E-state index >= 15 is 0 Å². The number of methoxy groups -OCH3 is 2. The minimum atomic E-state index is -0.815. The van der Waals surface area contributed by atoms with Crippen molar-refractivity contribution in [2.45, 2.75) is 26.7 Å². The molecule has 0 radical (unpaired) electrons. The second kappa shape index (κ2) is 22.9. The first-order valence-electron chi connectivity index (χ1n) is 23.7. The third-order valence-electron chi connectivity index (χ3n) is 12.0. The third kappa shape index (κ3) is 10.9. The van der Waals surface area contributed by atoms with Crippen LogP contribution in [0.4, 0.5) is 11.4 Å². The quantitative estimate of drug-likeness (QED) is 0.0403. The van der Waals surface area contributed by atoms with Crippen molar-refractivity contribution in [3.8, 4) is 0 Å². The summed E-state index contributed by atoms with van der Waals surface area (Å²) in [6.07, 6.45) is 1.41. The molecule has 384 valence electrons. The lowest BCUT2D eigenvalue weighted by Crippen LogP contribution is -2.30. The molecule has 0 saturated heterocycles. The fourth-order valence-electron chi connectivity index (χ4n) is 8.18. The van der Waals surface area contributed by atoms with Gasteiger partial charge in [0, 0.05) is 0 Å². The molecule has 2 aliphatic heterocycles. The van der Waals surface area contributed by atoms with Gasteiger partial charge in [-0.2, -0.15) is 0 Å². The number of anilines is 2. The van der Waals surface area contributed by atoms with Crippen LogP contribution in [0.5, 0.6) is 0 Å². The van der Waals surface area contributed by atoms with Gasteiger partial charge >= 0.3 is 35.8 Å². The average Bonchev–Trinajstić information content (AvgIpc) is 3.89. The summed E-state index contributed by atoms with van der Waals surface area (Å²) in [5, 5.41) is 3.17. The second-order valence-electron chi connectivity index (χ2n) is 17.0. The number of amides is 4. The number of imide groups is 2. The summed E-state index contributed by atoms with van der Waals surface area (Å²) in [6, 6.07) is 33.8. The van der Waals surface area contributed by atoms with Gasteiger partial charge < -0.3 is 28.4 Å². The van der Waals surface area contributed by atoms with Gasteiger partial charge in [0.15, 0.2) is 0 Å². The van der Waals surface area contributed by atoms with Crippen LogP contribution in [0, 0.1) is 0 Å². The van der Waals surface area contributed by atoms with E-state index in [1.807, 2.05) is 13.8 Å². The Balaban J connectivity index is 0.000000320. The van der Waals surface area contributed by atoms with Crippen LogP contribution in [0.25, 0.3) is 21.5 Å². The second-order valence-corrected chi connectivity index (χ2v) is 17.0. The molecule has 0 N–H and O–H groups in total. The van der Waals surface area contributed by atoms with Gasteiger partial charge in [0.25, 0.3) is 23.6 Å². The maximum absolute atomic E-state index is 13.5. The molecule has 4 amide bonds. The van der Waals surface area contributed by atoms with E-state index in [1.54, 1.807) is 72.8 Å². The largest absolute Gasteiger partial charge is 0.465 e. The smallest absolute Gasteiger partial charge is 0.338 e. The summed E-state index contributed by atoms with van der Waals surface area (Å²) in [4.78, 5) is 128. The first kappa shape index (κ1) is 52.5. The molecule has 0 aromatic heterocycles. The van der Waals surface area contributed by atoms with E-state index in [0.29, 0.717) is 35.1 Å². The van der Waals surface area contributed by atoms with Crippen LogP contribution in [0.1, 0.15) is 130 Å². The zero-order valence-corrected chi connectivity index (χ0v) is 41.4. The van der Waals surface area contributed by atoms with Crippen molar-refractivity contribution in [3.63, 3.8) is 0 Å². The van der Waals surface area contributed by atoms with Gasteiger partial charge in [-0.05, 0) is 144 Å². The highest BCUT2D eigenvalue weighted by Gasteiger charge is 2.40. The van der Waals surface area contributed by atoms with Crippen LogP contribution in [-0.2, 0) is 28.4 Å². The number of ether oxygens (including phenoxy) is 6. The molecular weight excluding hydrogens is 981 g/mol. The summed E-state index contributed by atoms with van der Waals surface area (Å²) >= 11 is 0. The maximum atomic E-state index is 13.5. The molecule has 0 spiro atoms. The third-order valence-corrected chi connectivity index (χ3v) is 12.0. The minimum absolute atomic E-state index is 0.0123. The molecule has 0 fully saturated rings. The highest BCUT2D eigenvalue weighted by molar-refractivity contribution is 6.36. The normalized spacial score (nSPS) is 12.4. The fourth-order valence-corrected chi connectivity index (χ4v) is 8.18. The van der Waals surface area contributed by atoms with Crippen molar-refractivity contribution < 1.29 is 76.4 Å². The Bertz CT molecular complexity index is 3550. The summed E-state index contributed by atoms with van der Waals surface area (Å²) in [7, 11) is 2.63. The zero-order valence-electron chi connectivity index (χ0n) is 41.4. The number of hydrogen-bond donors (Lipinski definition) is 0. The summed E-state index contributed by atoms with van der Waals surface area (Å²) in [5.41, 5.74) is 2.24. The van der Waals surface area contributed by atoms with Crippen LogP contribution >= 0.6 is 0 Å². The van der Waals surface area contributed by atoms with Gasteiger partial charge in [0.2, 0.25) is 0 Å². The van der Waals surface area contributed by atoms with E-state index in [2.05, 4.69) is 4.74 Å². The summed E-state index contributed by atoms with van der Waals surface area (Å²) in [6.45, 7) is 3.87. The number of rotatable bonds is 15. The number of benzene rings is 7. The van der Waals surface area contributed by atoms with Gasteiger partial charge in [-0.25, -0.2) is 38.6 Å². The van der Waals surface area contributed by atoms with Crippen molar-refractivity contribution in [2.75, 3.05) is 50.4 Å². The number of fused-ring (bicyclic) bond motifs is 4. The Kier molecular flexibility index (Phi) is 15.8. The van der Waals surface area contributed by atoms with Crippen LogP contribution in [-0.4, -0.2) is 100 Å². The molecule has 2 aliphatic rings. The van der Waals surface area contributed by atoms with Gasteiger partial charge in [0.1, 0.15) is 13.2 Å². The predicted octanol–water partition coefficient (Wildman–Crippen LogP) is 9.00. The van der Waals surface area contributed by atoms with E-state index in [9.17, 15) is 47.9 Å². The monoisotopic (exact) mass is 1030 g/mol. The van der Waals surface area contributed by atoms with Gasteiger partial charge in [0.05, 0.1) is 94.4 Å². The van der Waals surface area contributed by atoms with E-state index in [0.717, 1.165) is 32.4 Å². The molecule has 18 nitrogen and oxygen atoms in total. The molecule has 9 rings (SSSR count). The van der Waals surface area contributed by atoms with Crippen LogP contribution in [0.15, 0.2) is 133 Å². The number of carbonyl (C=O) groups excluding carboxylic acids is 10. The molecule has 2 heterocycles. The highest BCUT2D eigenvalue weighted by Crippen LogP contribution is 2.34. The van der Waals surface area contributed by atoms with Crippen molar-refractivity contribution in [1.82, 2.24) is 0 Å². The molecule has 0 saturated carbocycles. The molecular formula is C58H46N2O16. The Morgan fingerprint density at radius 3 is 0.895 bits per heavy atom. The van der Waals surface area contributed by atoms with Crippen molar-refractivity contribution in [1.29, 1.82) is 0 Å². The molecule has 7 aromatic rings. The standard InChI is InChI=1S/C42H30N2O12.C16H16O4/c1-3-16-54-41(51)27-8-14-31-33(21-27)37(47)43(35(31)45)29-10-12-30(13-11-29)44-36(46)32-15-9-28(22-34(32)38(44)48)42(52)56-18-17-55-40(50)26-7-5-23-19-25(39(49)53-2)6-4-24(23)20-26;1-3-8-20-16(18)14-7-5-11-9-13(15(17)19-2)6-4-12(11)10-14/h4-15,19-22H,3,16-18H2,1-2H3;4-7,9-10H,3,8H2,1-2H3. The molecule has 76 heavy (non-hydrogen) atoms. The highest BCUT2D eigenvalue weighted by atomic mass is 16.6. The molecule has 18 heteroatoms. The van der Waals surface area contributed by atoms with E-state index in [1.165, 1.54) is 74.9 Å². The fraction of sp³-hybridized carbons (Fsp3) is 0.172. The van der Waals surface area contributed by atoms with Crippen molar-refractivity contribution >= 4 is 92.4 Å². The molecule has 0 bridgehead atoms. The molecule has 0 unspecified atom stereocenters. The Labute approximate surface area is 433 Å².